The fraction of sp³-hybridized carbons (Fsp3) is 0.227. The monoisotopic (exact) mass is 365 g/mol. The first-order valence-electron chi connectivity index (χ1n) is 8.93. The van der Waals surface area contributed by atoms with Gasteiger partial charge in [-0.05, 0) is 66.6 Å². The first-order valence-corrected chi connectivity index (χ1v) is 8.93. The molecule has 0 spiro atoms. The van der Waals surface area contributed by atoms with Crippen molar-refractivity contribution < 1.29 is 19.0 Å². The van der Waals surface area contributed by atoms with Crippen LogP contribution in [-0.4, -0.2) is 21.7 Å². The van der Waals surface area contributed by atoms with Gasteiger partial charge in [-0.15, -0.1) is 0 Å². The molecule has 1 aliphatic heterocycles. The summed E-state index contributed by atoms with van der Waals surface area (Å²) < 4.78 is 20.7. The van der Waals surface area contributed by atoms with Crippen LogP contribution in [0, 0.1) is 12.7 Å². The molecule has 2 heterocycles. The molecule has 2 aromatic carbocycles. The van der Waals surface area contributed by atoms with E-state index in [2.05, 4.69) is 4.57 Å². The largest absolute Gasteiger partial charge is 0.457 e. The second-order valence-corrected chi connectivity index (χ2v) is 6.87. The zero-order chi connectivity index (χ0) is 19.0. The number of ether oxygens (including phenoxy) is 1. The number of carbonyl (C=O) groups is 1. The fourth-order valence-electron chi connectivity index (χ4n) is 3.55. The van der Waals surface area contributed by atoms with Crippen LogP contribution in [0.1, 0.15) is 30.2 Å². The van der Waals surface area contributed by atoms with Crippen LogP contribution in [0.4, 0.5) is 4.39 Å². The number of aromatic nitrogens is 1. The summed E-state index contributed by atoms with van der Waals surface area (Å²) in [6.45, 7) is 2.01. The Morgan fingerprint density at radius 2 is 1.74 bits per heavy atom. The molecule has 4 nitrogen and oxygen atoms in total. The lowest BCUT2D eigenvalue weighted by atomic mass is 9.99. The van der Waals surface area contributed by atoms with Gasteiger partial charge in [0.2, 0.25) is 0 Å². The van der Waals surface area contributed by atoms with E-state index in [4.69, 9.17) is 4.74 Å². The van der Waals surface area contributed by atoms with Gasteiger partial charge in [-0.25, -0.2) is 4.39 Å². The maximum atomic E-state index is 13.2. The van der Waals surface area contributed by atoms with Crippen LogP contribution in [0.15, 0.2) is 60.7 Å². The number of aliphatic hydroxyl groups is 1. The van der Waals surface area contributed by atoms with Crippen LogP contribution in [0.5, 0.6) is 0 Å². The standard InChI is InChI=1S/C22H20FNO3/c1-14-2-11-20(15-3-7-17(23)8-4-15)24(14)18-9-5-16(6-10-18)21-12-19(25)13-22(26)27-21/h2-11,19,21,25H,12-13H2,1H3/t19-,21+/m1/s1. The molecule has 0 amide bonds. The number of halogens is 1. The third kappa shape index (κ3) is 3.51. The van der Waals surface area contributed by atoms with Gasteiger partial charge in [0.15, 0.2) is 0 Å². The number of rotatable bonds is 3. The summed E-state index contributed by atoms with van der Waals surface area (Å²) in [7, 11) is 0. The minimum absolute atomic E-state index is 0.0537. The lowest BCUT2D eigenvalue weighted by molar-refractivity contribution is -0.160. The average Bonchev–Trinajstić information content (AvgIpc) is 3.03. The first-order chi connectivity index (χ1) is 13.0. The predicted octanol–water partition coefficient (Wildman–Crippen LogP) is 4.33. The third-order valence-electron chi connectivity index (χ3n) is 4.90. The molecule has 0 radical (unpaired) electrons. The molecular formula is C22H20FNO3. The molecule has 1 N–H and O–H groups in total. The van der Waals surface area contributed by atoms with Crippen LogP contribution >= 0.6 is 0 Å². The Bertz CT molecular complexity index is 960. The van der Waals surface area contributed by atoms with Crippen LogP contribution in [0.25, 0.3) is 16.9 Å². The van der Waals surface area contributed by atoms with Crippen molar-refractivity contribution in [3.63, 3.8) is 0 Å². The Morgan fingerprint density at radius 1 is 1.04 bits per heavy atom. The molecule has 0 bridgehead atoms. The molecule has 4 rings (SSSR count). The van der Waals surface area contributed by atoms with Crippen molar-refractivity contribution >= 4 is 5.97 Å². The lowest BCUT2D eigenvalue weighted by Gasteiger charge is -2.26. The summed E-state index contributed by atoms with van der Waals surface area (Å²) in [5.74, 6) is -0.634. The van der Waals surface area contributed by atoms with Crippen molar-refractivity contribution in [3.8, 4) is 16.9 Å². The molecule has 0 saturated carbocycles. The van der Waals surface area contributed by atoms with Crippen LogP contribution in [-0.2, 0) is 9.53 Å². The summed E-state index contributed by atoms with van der Waals surface area (Å²) in [5.41, 5.74) is 4.78. The van der Waals surface area contributed by atoms with E-state index in [1.165, 1.54) is 12.1 Å². The molecule has 1 aliphatic rings. The number of hydrogen-bond donors (Lipinski definition) is 1. The van der Waals surface area contributed by atoms with E-state index in [1.54, 1.807) is 12.1 Å². The maximum Gasteiger partial charge on any atom is 0.309 e. The average molecular weight is 365 g/mol. The minimum Gasteiger partial charge on any atom is -0.457 e. The van der Waals surface area contributed by atoms with E-state index in [-0.39, 0.29) is 18.2 Å². The minimum atomic E-state index is -0.660. The van der Waals surface area contributed by atoms with E-state index < -0.39 is 12.2 Å². The summed E-state index contributed by atoms with van der Waals surface area (Å²) in [6.07, 6.45) is -0.613. The van der Waals surface area contributed by atoms with Crippen LogP contribution < -0.4 is 0 Å². The summed E-state index contributed by atoms with van der Waals surface area (Å²) >= 11 is 0. The van der Waals surface area contributed by atoms with Crippen molar-refractivity contribution in [2.75, 3.05) is 0 Å². The van der Waals surface area contributed by atoms with E-state index in [1.807, 2.05) is 43.3 Å². The van der Waals surface area contributed by atoms with Crippen LogP contribution in [0.2, 0.25) is 0 Å². The van der Waals surface area contributed by atoms with E-state index in [0.717, 1.165) is 28.2 Å². The van der Waals surface area contributed by atoms with Gasteiger partial charge in [-0.3, -0.25) is 4.79 Å². The van der Waals surface area contributed by atoms with Crippen molar-refractivity contribution in [3.05, 3.63) is 77.7 Å². The van der Waals surface area contributed by atoms with Gasteiger partial charge >= 0.3 is 5.97 Å². The molecular weight excluding hydrogens is 345 g/mol. The Hall–Kier alpha value is -2.92. The quantitative estimate of drug-likeness (QED) is 0.703. The topological polar surface area (TPSA) is 51.5 Å². The zero-order valence-electron chi connectivity index (χ0n) is 14.9. The van der Waals surface area contributed by atoms with Crippen molar-refractivity contribution in [1.82, 2.24) is 4.57 Å². The van der Waals surface area contributed by atoms with Gasteiger partial charge in [0.05, 0.1) is 18.2 Å². The number of esters is 1. The second-order valence-electron chi connectivity index (χ2n) is 6.87. The summed E-state index contributed by atoms with van der Waals surface area (Å²) in [6, 6.07) is 18.2. The van der Waals surface area contributed by atoms with Crippen molar-refractivity contribution in [2.45, 2.75) is 32.0 Å². The normalized spacial score (nSPS) is 19.7. The number of cyclic esters (lactones) is 1. The molecule has 0 aliphatic carbocycles. The summed E-state index contributed by atoms with van der Waals surface area (Å²) in [5, 5.41) is 9.80. The molecule has 3 aromatic rings. The van der Waals surface area contributed by atoms with Gasteiger partial charge < -0.3 is 14.4 Å². The van der Waals surface area contributed by atoms with Crippen LogP contribution in [0.3, 0.4) is 0 Å². The number of aryl methyl sites for hydroxylation is 1. The molecule has 138 valence electrons. The van der Waals surface area contributed by atoms with E-state index in [0.29, 0.717) is 6.42 Å². The smallest absolute Gasteiger partial charge is 0.309 e. The van der Waals surface area contributed by atoms with Gasteiger partial charge in [-0.2, -0.15) is 0 Å². The fourth-order valence-corrected chi connectivity index (χ4v) is 3.55. The van der Waals surface area contributed by atoms with Crippen molar-refractivity contribution in [2.24, 2.45) is 0 Å². The number of nitrogens with zero attached hydrogens (tertiary/aromatic N) is 1. The highest BCUT2D eigenvalue weighted by atomic mass is 19.1. The molecule has 5 heteroatoms. The Morgan fingerprint density at radius 3 is 2.41 bits per heavy atom. The number of aliphatic hydroxyl groups excluding tert-OH is 1. The Balaban J connectivity index is 1.66. The number of hydrogen-bond acceptors (Lipinski definition) is 3. The molecule has 1 fully saturated rings. The first kappa shape index (κ1) is 17.5. The molecule has 27 heavy (non-hydrogen) atoms. The highest BCUT2D eigenvalue weighted by molar-refractivity contribution is 5.71. The highest BCUT2D eigenvalue weighted by Crippen LogP contribution is 2.31. The van der Waals surface area contributed by atoms with E-state index in [9.17, 15) is 14.3 Å². The van der Waals surface area contributed by atoms with Crippen molar-refractivity contribution in [1.29, 1.82) is 0 Å². The highest BCUT2D eigenvalue weighted by Gasteiger charge is 2.28. The van der Waals surface area contributed by atoms with Gasteiger partial charge in [-0.1, -0.05) is 12.1 Å². The number of benzene rings is 2. The molecule has 1 aromatic heterocycles. The SMILES string of the molecule is Cc1ccc(-c2ccc(F)cc2)n1-c1ccc([C@@H]2C[C@@H](O)CC(=O)O2)cc1. The van der Waals surface area contributed by atoms with Gasteiger partial charge in [0.25, 0.3) is 0 Å². The van der Waals surface area contributed by atoms with Gasteiger partial charge in [0, 0.05) is 17.8 Å². The third-order valence-corrected chi connectivity index (χ3v) is 4.90. The summed E-state index contributed by atoms with van der Waals surface area (Å²) in [4.78, 5) is 11.6. The lowest BCUT2D eigenvalue weighted by Crippen LogP contribution is -2.27. The molecule has 0 unspecified atom stereocenters. The molecule has 2 atom stereocenters. The Labute approximate surface area is 156 Å². The Kier molecular flexibility index (Phi) is 4.54. The predicted molar refractivity (Wildman–Crippen MR) is 100.0 cm³/mol. The van der Waals surface area contributed by atoms with E-state index >= 15 is 0 Å². The second kappa shape index (κ2) is 7.00. The van der Waals surface area contributed by atoms with Gasteiger partial charge in [0.1, 0.15) is 11.9 Å². The maximum absolute atomic E-state index is 13.2. The molecule has 1 saturated heterocycles. The number of carbonyl (C=O) groups excluding carboxylic acids is 1. The zero-order valence-corrected chi connectivity index (χ0v) is 14.9.